The molecule has 3 aliphatic carbocycles. The third kappa shape index (κ3) is 3.89. The largest absolute Gasteiger partial charge is 0.482 e. The molecule has 2 N–H and O–H groups in total. The van der Waals surface area contributed by atoms with Gasteiger partial charge in [0.05, 0.1) is 17.6 Å². The molecular weight excluding hydrogens is 391 g/mol. The van der Waals surface area contributed by atoms with Crippen molar-refractivity contribution >= 4 is 13.2 Å². The first-order chi connectivity index (χ1) is 14.9. The first kappa shape index (κ1) is 21.3. The Balaban J connectivity index is 1.30. The van der Waals surface area contributed by atoms with Crippen LogP contribution in [0.1, 0.15) is 52.0 Å². The van der Waals surface area contributed by atoms with Gasteiger partial charge in [-0.25, -0.2) is 4.79 Å². The molecule has 3 saturated carbocycles. The second-order valence-corrected chi connectivity index (χ2v) is 10.7. The minimum atomic E-state index is -0.470. The van der Waals surface area contributed by atoms with Gasteiger partial charge in [0.15, 0.2) is 0 Å². The third-order valence-corrected chi connectivity index (χ3v) is 8.42. The van der Waals surface area contributed by atoms with E-state index in [2.05, 4.69) is 43.5 Å². The molecule has 2 aliphatic heterocycles. The summed E-state index contributed by atoms with van der Waals surface area (Å²) < 4.78 is 18.8. The zero-order valence-electron chi connectivity index (χ0n) is 18.9. The fourth-order valence-electron chi connectivity index (χ4n) is 6.41. The number of alkyl carbamates (subject to hydrolysis) is 1. The summed E-state index contributed by atoms with van der Waals surface area (Å²) in [5, 5.41) is 6.38. The maximum atomic E-state index is 12.8. The predicted octanol–water partition coefficient (Wildman–Crippen LogP) is 3.34. The summed E-state index contributed by atoms with van der Waals surface area (Å²) in [7, 11) is -0.470. The van der Waals surface area contributed by atoms with Gasteiger partial charge in [-0.1, -0.05) is 44.2 Å². The molecule has 31 heavy (non-hydrogen) atoms. The number of carbonyl (C=O) groups excluding carboxylic acids is 1. The molecule has 168 valence electrons. The van der Waals surface area contributed by atoms with Crippen LogP contribution in [0, 0.1) is 17.3 Å². The molecule has 1 amide bonds. The standard InChI is InChI=1S/C24H35BN2O4/c1-23(2)17-13-19(23)24(3)20(14-17)30-25(31-24)21(12-16-8-5-4-6-9-16)27-22(28)29-18-10-7-11-26-15-18/h4-6,8-9,17-21,26H,7,10-15H2,1-3H3,(H,27,28)/t17-,18-,19-,20+,21-,24-/m0/s1. The van der Waals surface area contributed by atoms with Crippen LogP contribution in [-0.4, -0.2) is 50.1 Å². The molecule has 6 nitrogen and oxygen atoms in total. The fourth-order valence-corrected chi connectivity index (χ4v) is 6.41. The van der Waals surface area contributed by atoms with Gasteiger partial charge in [-0.2, -0.15) is 0 Å². The van der Waals surface area contributed by atoms with Crippen LogP contribution in [0.2, 0.25) is 0 Å². The van der Waals surface area contributed by atoms with Crippen molar-refractivity contribution < 1.29 is 18.8 Å². The quantitative estimate of drug-likeness (QED) is 0.707. The third-order valence-electron chi connectivity index (χ3n) is 8.42. The van der Waals surface area contributed by atoms with Gasteiger partial charge in [0, 0.05) is 6.54 Å². The van der Waals surface area contributed by atoms with E-state index in [1.54, 1.807) is 0 Å². The van der Waals surface area contributed by atoms with Crippen molar-refractivity contribution in [1.29, 1.82) is 0 Å². The Kier molecular flexibility index (Phi) is 5.56. The van der Waals surface area contributed by atoms with Crippen LogP contribution < -0.4 is 10.6 Å². The Morgan fingerprint density at radius 3 is 2.81 bits per heavy atom. The maximum Gasteiger partial charge on any atom is 0.482 e. The van der Waals surface area contributed by atoms with E-state index >= 15 is 0 Å². The Bertz CT molecular complexity index is 800. The molecule has 5 aliphatic rings. The van der Waals surface area contributed by atoms with Gasteiger partial charge in [-0.3, -0.25) is 0 Å². The molecule has 1 aromatic rings. The van der Waals surface area contributed by atoms with Crippen LogP contribution in [0.25, 0.3) is 0 Å². The Labute approximate surface area is 185 Å². The minimum absolute atomic E-state index is 0.0790. The monoisotopic (exact) mass is 426 g/mol. The van der Waals surface area contributed by atoms with Crippen molar-refractivity contribution in [3.05, 3.63) is 35.9 Å². The van der Waals surface area contributed by atoms with Gasteiger partial charge in [0.1, 0.15) is 6.10 Å². The van der Waals surface area contributed by atoms with Crippen LogP contribution in [0.4, 0.5) is 4.79 Å². The molecule has 7 heteroatoms. The van der Waals surface area contributed by atoms with Gasteiger partial charge in [-0.05, 0) is 68.4 Å². The molecule has 0 aromatic heterocycles. The van der Waals surface area contributed by atoms with E-state index in [4.69, 9.17) is 14.0 Å². The number of hydrogen-bond acceptors (Lipinski definition) is 5. The van der Waals surface area contributed by atoms with Gasteiger partial charge in [0.25, 0.3) is 0 Å². The van der Waals surface area contributed by atoms with Crippen LogP contribution in [0.5, 0.6) is 0 Å². The highest BCUT2D eigenvalue weighted by Crippen LogP contribution is 2.65. The number of nitrogens with one attached hydrogen (secondary N) is 2. The van der Waals surface area contributed by atoms with Gasteiger partial charge in [0.2, 0.25) is 0 Å². The SMILES string of the molecule is CC1(C)[C@@H]2C[C@H]3OB([C@H](Cc4ccccc4)NC(=O)O[C@H]4CCCNC4)O[C@@]3(C)[C@H]1C2. The van der Waals surface area contributed by atoms with E-state index in [0.717, 1.165) is 31.4 Å². The number of hydrogen-bond donors (Lipinski definition) is 2. The van der Waals surface area contributed by atoms with E-state index in [9.17, 15) is 4.79 Å². The summed E-state index contributed by atoms with van der Waals surface area (Å²) in [4.78, 5) is 12.8. The second-order valence-electron chi connectivity index (χ2n) is 10.7. The van der Waals surface area contributed by atoms with Crippen molar-refractivity contribution in [3.63, 3.8) is 0 Å². The van der Waals surface area contributed by atoms with Gasteiger partial charge >= 0.3 is 13.2 Å². The number of benzene rings is 1. The molecule has 5 fully saturated rings. The van der Waals surface area contributed by atoms with E-state index < -0.39 is 7.12 Å². The Morgan fingerprint density at radius 2 is 2.10 bits per heavy atom. The van der Waals surface area contributed by atoms with Crippen molar-refractivity contribution in [2.45, 2.75) is 76.6 Å². The highest BCUT2D eigenvalue weighted by molar-refractivity contribution is 6.47. The molecular formula is C24H35BN2O4. The highest BCUT2D eigenvalue weighted by atomic mass is 16.7. The second kappa shape index (κ2) is 8.09. The number of carbonyl (C=O) groups is 1. The maximum absolute atomic E-state index is 12.8. The molecule has 6 rings (SSSR count). The predicted molar refractivity (Wildman–Crippen MR) is 120 cm³/mol. The smallest absolute Gasteiger partial charge is 0.445 e. The van der Waals surface area contributed by atoms with Gasteiger partial charge < -0.3 is 24.7 Å². The summed E-state index contributed by atoms with van der Waals surface area (Å²) in [6.07, 6.45) is 4.45. The number of rotatable bonds is 5. The molecule has 2 bridgehead atoms. The molecule has 1 aromatic carbocycles. The number of piperidine rings is 1. The summed E-state index contributed by atoms with van der Waals surface area (Å²) >= 11 is 0. The lowest BCUT2D eigenvalue weighted by Crippen LogP contribution is -2.65. The first-order valence-electron chi connectivity index (χ1n) is 11.9. The van der Waals surface area contributed by atoms with Crippen molar-refractivity contribution in [1.82, 2.24) is 10.6 Å². The van der Waals surface area contributed by atoms with E-state index in [1.807, 2.05) is 18.2 Å². The van der Waals surface area contributed by atoms with Crippen LogP contribution in [-0.2, 0) is 20.5 Å². The van der Waals surface area contributed by atoms with Crippen molar-refractivity contribution in [3.8, 4) is 0 Å². The zero-order chi connectivity index (χ0) is 21.6. The summed E-state index contributed by atoms with van der Waals surface area (Å²) in [5.74, 6) is 0.891. The van der Waals surface area contributed by atoms with Crippen LogP contribution >= 0.6 is 0 Å². The summed E-state index contributed by atoms with van der Waals surface area (Å²) in [5.41, 5.74) is 1.14. The van der Waals surface area contributed by atoms with E-state index in [-0.39, 0.29) is 29.8 Å². The average Bonchev–Trinajstić information content (AvgIpc) is 3.12. The normalized spacial score (nSPS) is 36.8. The molecule has 0 radical (unpaired) electrons. The topological polar surface area (TPSA) is 68.8 Å². The van der Waals surface area contributed by atoms with Crippen LogP contribution in [0.3, 0.4) is 0 Å². The van der Waals surface area contributed by atoms with Crippen molar-refractivity contribution in [2.24, 2.45) is 17.3 Å². The van der Waals surface area contributed by atoms with E-state index in [1.165, 1.54) is 6.42 Å². The summed E-state index contributed by atoms with van der Waals surface area (Å²) in [6.45, 7) is 8.63. The first-order valence-corrected chi connectivity index (χ1v) is 11.9. The number of ether oxygens (including phenoxy) is 1. The average molecular weight is 426 g/mol. The highest BCUT2D eigenvalue weighted by Gasteiger charge is 2.68. The molecule has 2 saturated heterocycles. The Hall–Kier alpha value is -1.57. The molecule has 0 unspecified atom stereocenters. The van der Waals surface area contributed by atoms with E-state index in [0.29, 0.717) is 30.2 Å². The lowest BCUT2D eigenvalue weighted by Gasteiger charge is -2.64. The zero-order valence-corrected chi connectivity index (χ0v) is 18.9. The van der Waals surface area contributed by atoms with Gasteiger partial charge in [-0.15, -0.1) is 0 Å². The fraction of sp³-hybridized carbons (Fsp3) is 0.708. The van der Waals surface area contributed by atoms with Crippen LogP contribution in [0.15, 0.2) is 30.3 Å². The Morgan fingerprint density at radius 1 is 1.29 bits per heavy atom. The number of amides is 1. The molecule has 6 atom stereocenters. The molecule has 0 spiro atoms. The van der Waals surface area contributed by atoms with Crippen molar-refractivity contribution in [2.75, 3.05) is 13.1 Å². The lowest BCUT2D eigenvalue weighted by molar-refractivity contribution is -0.199. The molecule has 2 heterocycles. The minimum Gasteiger partial charge on any atom is -0.445 e. The lowest BCUT2D eigenvalue weighted by atomic mass is 9.43. The summed E-state index contributed by atoms with van der Waals surface area (Å²) in [6, 6.07) is 10.2.